The predicted octanol–water partition coefficient (Wildman–Crippen LogP) is 13.2. The molecule has 10 aromatic rings. The molecule has 53 heavy (non-hydrogen) atoms. The summed E-state index contributed by atoms with van der Waals surface area (Å²) in [6, 6.07) is 69.5. The van der Waals surface area contributed by atoms with Crippen LogP contribution in [0.25, 0.3) is 71.7 Å². The molecule has 0 bridgehead atoms. The van der Waals surface area contributed by atoms with Gasteiger partial charge in [-0.1, -0.05) is 152 Å². The Bertz CT molecular complexity index is 2890. The fourth-order valence-electron chi connectivity index (χ4n) is 8.03. The van der Waals surface area contributed by atoms with Crippen molar-refractivity contribution >= 4 is 49.4 Å². The molecule has 0 fully saturated rings. The second-order valence-corrected chi connectivity index (χ2v) is 13.8. The summed E-state index contributed by atoms with van der Waals surface area (Å²) in [7, 11) is 0. The lowest BCUT2D eigenvalue weighted by atomic mass is 9.97. The maximum atomic E-state index is 6.78. The lowest BCUT2D eigenvalue weighted by Gasteiger charge is -2.25. The van der Waals surface area contributed by atoms with Gasteiger partial charge in [0.05, 0.1) is 11.0 Å². The zero-order chi connectivity index (χ0) is 35.1. The highest BCUT2D eigenvalue weighted by molar-refractivity contribution is 6.15. The van der Waals surface area contributed by atoms with E-state index in [1.807, 2.05) is 0 Å². The van der Waals surface area contributed by atoms with E-state index in [0.717, 1.165) is 46.3 Å². The Morgan fingerprint density at radius 1 is 0.453 bits per heavy atom. The molecular weight excluding hydrogens is 645 g/mol. The van der Waals surface area contributed by atoms with Crippen LogP contribution in [0.3, 0.4) is 0 Å². The van der Waals surface area contributed by atoms with Gasteiger partial charge >= 0.3 is 0 Å². The fraction of sp³-hybridized carbons (Fsp3) is 0.0400. The fourth-order valence-corrected chi connectivity index (χ4v) is 8.03. The van der Waals surface area contributed by atoms with E-state index >= 15 is 0 Å². The second-order valence-electron chi connectivity index (χ2n) is 13.8. The van der Waals surface area contributed by atoms with Crippen molar-refractivity contribution in [2.24, 2.45) is 0 Å². The highest BCUT2D eigenvalue weighted by atomic mass is 16.3. The molecule has 0 aliphatic carbocycles. The summed E-state index contributed by atoms with van der Waals surface area (Å²) in [6.45, 7) is 1.52. The molecule has 0 saturated heterocycles. The maximum absolute atomic E-state index is 6.78. The minimum Gasteiger partial charge on any atom is -0.456 e. The molecule has 0 aliphatic heterocycles. The van der Waals surface area contributed by atoms with Gasteiger partial charge in [-0.05, 0) is 70.3 Å². The Hall–Kier alpha value is -6.84. The van der Waals surface area contributed by atoms with Gasteiger partial charge in [-0.25, -0.2) is 0 Å². The Balaban J connectivity index is 1.11. The molecule has 0 amide bonds. The summed E-state index contributed by atoms with van der Waals surface area (Å²) in [6.07, 6.45) is 0. The monoisotopic (exact) mass is 680 g/mol. The van der Waals surface area contributed by atoms with Gasteiger partial charge < -0.3 is 13.9 Å². The molecule has 8 aromatic carbocycles. The highest BCUT2D eigenvalue weighted by Crippen LogP contribution is 2.41. The minimum atomic E-state index is 0.722. The van der Waals surface area contributed by atoms with Crippen LogP contribution in [0, 0.1) is 0 Å². The number of rotatable bonds is 8. The Morgan fingerprint density at radius 3 is 1.98 bits per heavy atom. The average Bonchev–Trinajstić information content (AvgIpc) is 3.78. The van der Waals surface area contributed by atoms with Crippen molar-refractivity contribution < 1.29 is 4.42 Å². The quantitative estimate of drug-likeness (QED) is 0.159. The normalized spacial score (nSPS) is 11.5. The zero-order valence-electron chi connectivity index (χ0n) is 29.2. The summed E-state index contributed by atoms with van der Waals surface area (Å²) < 4.78 is 9.20. The molecule has 3 nitrogen and oxygen atoms in total. The molecule has 0 N–H and O–H groups in total. The predicted molar refractivity (Wildman–Crippen MR) is 222 cm³/mol. The molecule has 0 unspecified atom stereocenters. The van der Waals surface area contributed by atoms with Crippen LogP contribution in [-0.4, -0.2) is 4.57 Å². The van der Waals surface area contributed by atoms with Gasteiger partial charge in [-0.15, -0.1) is 0 Å². The summed E-state index contributed by atoms with van der Waals surface area (Å²) >= 11 is 0. The number of benzene rings is 8. The number of hydrogen-bond donors (Lipinski definition) is 0. The van der Waals surface area contributed by atoms with Gasteiger partial charge in [0.2, 0.25) is 0 Å². The van der Waals surface area contributed by atoms with E-state index in [-0.39, 0.29) is 0 Å². The summed E-state index contributed by atoms with van der Waals surface area (Å²) in [4.78, 5) is 2.43. The third-order valence-corrected chi connectivity index (χ3v) is 10.5. The van der Waals surface area contributed by atoms with E-state index in [0.29, 0.717) is 0 Å². The number of nitrogens with zero attached hydrogens (tertiary/aromatic N) is 2. The van der Waals surface area contributed by atoms with Crippen molar-refractivity contribution in [3.05, 3.63) is 205 Å². The number of fused-ring (bicyclic) bond motifs is 6. The van der Waals surface area contributed by atoms with Crippen LogP contribution < -0.4 is 4.90 Å². The largest absolute Gasteiger partial charge is 0.456 e. The standard InChI is InChI=1S/C50H36N2O/c1-4-15-35(16-5-1)33-51(40-21-8-3-9-22-40)34-39-20-13-26-45-49-42(25-14-28-48(49)53-50(39)45)38-29-30-44-43-24-10-11-27-46(43)52(47(44)32-38)41-23-12-19-37(31-41)36-17-6-2-7-18-36/h1-32H,33-34H2. The SMILES string of the molecule is c1ccc(CN(Cc2cccc3c2oc2cccc(-c4ccc5c6ccccc6n(-c6cccc(-c7ccccc7)c6)c5c4)c23)c2ccccc2)cc1. The van der Waals surface area contributed by atoms with E-state index in [1.54, 1.807) is 0 Å². The number of aromatic nitrogens is 1. The van der Waals surface area contributed by atoms with Crippen LogP contribution in [0.15, 0.2) is 199 Å². The Morgan fingerprint density at radius 2 is 1.13 bits per heavy atom. The molecule has 0 radical (unpaired) electrons. The molecule has 2 aromatic heterocycles. The molecule has 252 valence electrons. The molecule has 3 heteroatoms. The number of hydrogen-bond acceptors (Lipinski definition) is 2. The minimum absolute atomic E-state index is 0.722. The third kappa shape index (κ3) is 5.55. The zero-order valence-corrected chi connectivity index (χ0v) is 29.2. The van der Waals surface area contributed by atoms with Crippen molar-refractivity contribution in [1.29, 1.82) is 0 Å². The van der Waals surface area contributed by atoms with Crippen molar-refractivity contribution in [2.45, 2.75) is 13.1 Å². The first-order valence-corrected chi connectivity index (χ1v) is 18.2. The van der Waals surface area contributed by atoms with Gasteiger partial charge in [0.25, 0.3) is 0 Å². The molecular formula is C50H36N2O. The van der Waals surface area contributed by atoms with E-state index in [4.69, 9.17) is 4.42 Å². The first-order chi connectivity index (χ1) is 26.3. The lowest BCUT2D eigenvalue weighted by Crippen LogP contribution is -2.22. The van der Waals surface area contributed by atoms with Crippen molar-refractivity contribution in [3.63, 3.8) is 0 Å². The molecule has 0 spiro atoms. The Kier molecular flexibility index (Phi) is 7.62. The van der Waals surface area contributed by atoms with E-state index in [9.17, 15) is 0 Å². The van der Waals surface area contributed by atoms with Crippen molar-refractivity contribution in [1.82, 2.24) is 4.57 Å². The van der Waals surface area contributed by atoms with E-state index in [1.165, 1.54) is 55.3 Å². The third-order valence-electron chi connectivity index (χ3n) is 10.5. The summed E-state index contributed by atoms with van der Waals surface area (Å²) in [5.74, 6) is 0. The summed E-state index contributed by atoms with van der Waals surface area (Å²) in [5.41, 5.74) is 13.7. The maximum Gasteiger partial charge on any atom is 0.140 e. The van der Waals surface area contributed by atoms with Crippen molar-refractivity contribution in [2.75, 3.05) is 4.90 Å². The Labute approximate surface area is 308 Å². The molecule has 2 heterocycles. The van der Waals surface area contributed by atoms with Gasteiger partial charge in [-0.2, -0.15) is 0 Å². The summed E-state index contributed by atoms with van der Waals surface area (Å²) in [5, 5.41) is 4.76. The van der Waals surface area contributed by atoms with Crippen LogP contribution in [0.1, 0.15) is 11.1 Å². The van der Waals surface area contributed by atoms with Crippen molar-refractivity contribution in [3.8, 4) is 27.9 Å². The van der Waals surface area contributed by atoms with Crippen LogP contribution in [0.4, 0.5) is 5.69 Å². The topological polar surface area (TPSA) is 21.3 Å². The van der Waals surface area contributed by atoms with Crippen LogP contribution >= 0.6 is 0 Å². The smallest absolute Gasteiger partial charge is 0.140 e. The highest BCUT2D eigenvalue weighted by Gasteiger charge is 2.19. The van der Waals surface area contributed by atoms with E-state index < -0.39 is 0 Å². The van der Waals surface area contributed by atoms with Crippen LogP contribution in [-0.2, 0) is 13.1 Å². The van der Waals surface area contributed by atoms with Gasteiger partial charge in [-0.3, -0.25) is 0 Å². The van der Waals surface area contributed by atoms with Gasteiger partial charge in [0.1, 0.15) is 11.2 Å². The molecule has 0 aliphatic rings. The van der Waals surface area contributed by atoms with E-state index in [2.05, 4.69) is 204 Å². The number of para-hydroxylation sites is 3. The van der Waals surface area contributed by atoms with Crippen LogP contribution in [0.2, 0.25) is 0 Å². The average molecular weight is 681 g/mol. The van der Waals surface area contributed by atoms with Gasteiger partial charge in [0.15, 0.2) is 0 Å². The molecule has 10 rings (SSSR count). The second kappa shape index (κ2) is 13.0. The first kappa shape index (κ1) is 30.9. The lowest BCUT2D eigenvalue weighted by molar-refractivity contribution is 0.659. The first-order valence-electron chi connectivity index (χ1n) is 18.2. The molecule has 0 atom stereocenters. The van der Waals surface area contributed by atoms with Crippen LogP contribution in [0.5, 0.6) is 0 Å². The number of anilines is 1. The number of furan rings is 1. The molecule has 0 saturated carbocycles. The van der Waals surface area contributed by atoms with Gasteiger partial charge in [0, 0.05) is 51.6 Å².